The largest absolute Gasteiger partial charge is 0.489 e. The van der Waals surface area contributed by atoms with Crippen LogP contribution in [0.25, 0.3) is 0 Å². The summed E-state index contributed by atoms with van der Waals surface area (Å²) in [6, 6.07) is 7.91. The van der Waals surface area contributed by atoms with Gasteiger partial charge in [0.25, 0.3) is 0 Å². The molecule has 0 saturated carbocycles. The molecule has 25 heavy (non-hydrogen) atoms. The van der Waals surface area contributed by atoms with Gasteiger partial charge >= 0.3 is 0 Å². The molecular weight excluding hydrogens is 453 g/mol. The summed E-state index contributed by atoms with van der Waals surface area (Å²) in [4.78, 5) is 4.16. The zero-order chi connectivity index (χ0) is 18.2. The van der Waals surface area contributed by atoms with Crippen molar-refractivity contribution >= 4 is 39.8 Å². The number of aliphatic imine (C=N–C) groups is 1. The molecule has 0 bridgehead atoms. The van der Waals surface area contributed by atoms with Crippen molar-refractivity contribution in [2.24, 2.45) is 4.99 Å². The van der Waals surface area contributed by atoms with Crippen LogP contribution in [-0.2, 0) is 9.84 Å². The molecular formula is C17H30IN3O3S. The average Bonchev–Trinajstić information content (AvgIpc) is 2.51. The second-order valence-electron chi connectivity index (χ2n) is 6.11. The highest BCUT2D eigenvalue weighted by Gasteiger charge is 2.11. The molecule has 1 rings (SSSR count). The topological polar surface area (TPSA) is 79.8 Å². The van der Waals surface area contributed by atoms with Gasteiger partial charge in [0.05, 0.1) is 12.3 Å². The van der Waals surface area contributed by atoms with Gasteiger partial charge < -0.3 is 15.4 Å². The average molecular weight is 483 g/mol. The van der Waals surface area contributed by atoms with Crippen molar-refractivity contribution in [2.45, 2.75) is 39.3 Å². The quantitative estimate of drug-likeness (QED) is 0.337. The van der Waals surface area contributed by atoms with Crippen LogP contribution in [0.3, 0.4) is 0 Å². The van der Waals surface area contributed by atoms with Crippen LogP contribution in [-0.4, -0.2) is 52.1 Å². The molecule has 1 aromatic carbocycles. The van der Waals surface area contributed by atoms with Crippen molar-refractivity contribution < 1.29 is 13.2 Å². The predicted molar refractivity (Wildman–Crippen MR) is 115 cm³/mol. The maximum Gasteiger partial charge on any atom is 0.191 e. The maximum atomic E-state index is 11.2. The highest BCUT2D eigenvalue weighted by Crippen LogP contribution is 2.17. The lowest BCUT2D eigenvalue weighted by molar-refractivity contribution is 0.222. The third-order valence-corrected chi connectivity index (χ3v) is 4.48. The van der Waals surface area contributed by atoms with Crippen molar-refractivity contribution in [2.75, 3.05) is 25.6 Å². The van der Waals surface area contributed by atoms with Crippen molar-refractivity contribution in [3.63, 3.8) is 0 Å². The standard InChI is InChI=1S/C17H29N3O3S.HI/c1-13-8-6-7-9-16(13)23-15(3)12-19-17(18-4)20-14(2)10-11-24(5,21)22;/h6-9,14-15H,10-12H2,1-5H3,(H2,18,19,20);1H. The van der Waals surface area contributed by atoms with Crippen LogP contribution >= 0.6 is 24.0 Å². The van der Waals surface area contributed by atoms with E-state index in [1.165, 1.54) is 6.26 Å². The minimum atomic E-state index is -2.95. The zero-order valence-corrected chi connectivity index (χ0v) is 18.7. The highest BCUT2D eigenvalue weighted by atomic mass is 127. The first-order chi connectivity index (χ1) is 11.2. The molecule has 144 valence electrons. The molecule has 0 aromatic heterocycles. The van der Waals surface area contributed by atoms with E-state index in [1.54, 1.807) is 7.05 Å². The molecule has 0 aliphatic carbocycles. The fraction of sp³-hybridized carbons (Fsp3) is 0.588. The molecule has 2 N–H and O–H groups in total. The Morgan fingerprint density at radius 3 is 2.48 bits per heavy atom. The number of ether oxygens (including phenoxy) is 1. The third-order valence-electron chi connectivity index (χ3n) is 3.51. The Kier molecular flexibility index (Phi) is 11.1. The fourth-order valence-corrected chi connectivity index (χ4v) is 2.86. The number of rotatable bonds is 8. The number of hydrogen-bond acceptors (Lipinski definition) is 4. The molecule has 2 unspecified atom stereocenters. The lowest BCUT2D eigenvalue weighted by atomic mass is 10.2. The van der Waals surface area contributed by atoms with Gasteiger partial charge in [0.15, 0.2) is 5.96 Å². The molecule has 8 heteroatoms. The van der Waals surface area contributed by atoms with Crippen LogP contribution in [0, 0.1) is 6.92 Å². The Balaban J connectivity index is 0.00000576. The molecule has 1 aromatic rings. The summed E-state index contributed by atoms with van der Waals surface area (Å²) >= 11 is 0. The second kappa shape index (κ2) is 11.6. The Hall–Kier alpha value is -1.03. The smallest absolute Gasteiger partial charge is 0.191 e. The Labute approximate surface area is 168 Å². The van der Waals surface area contributed by atoms with E-state index in [2.05, 4.69) is 15.6 Å². The number of aryl methyl sites for hydroxylation is 1. The molecule has 2 atom stereocenters. The van der Waals surface area contributed by atoms with Gasteiger partial charge in [-0.1, -0.05) is 18.2 Å². The van der Waals surface area contributed by atoms with Gasteiger partial charge in [-0.2, -0.15) is 0 Å². The van der Waals surface area contributed by atoms with E-state index in [0.29, 0.717) is 18.9 Å². The molecule has 0 aliphatic rings. The number of hydrogen-bond donors (Lipinski definition) is 2. The molecule has 0 amide bonds. The van der Waals surface area contributed by atoms with E-state index in [-0.39, 0.29) is 41.9 Å². The number of nitrogens with zero attached hydrogens (tertiary/aromatic N) is 1. The second-order valence-corrected chi connectivity index (χ2v) is 8.37. The normalized spacial score (nSPS) is 14.2. The maximum absolute atomic E-state index is 11.2. The summed E-state index contributed by atoms with van der Waals surface area (Å²) in [6.45, 7) is 6.53. The molecule has 0 radical (unpaired) electrons. The van der Waals surface area contributed by atoms with Gasteiger partial charge in [-0.05, 0) is 38.8 Å². The number of benzene rings is 1. The molecule has 0 saturated heterocycles. The van der Waals surface area contributed by atoms with Crippen molar-refractivity contribution in [1.29, 1.82) is 0 Å². The SMILES string of the molecule is CN=C(NCC(C)Oc1ccccc1C)NC(C)CCS(C)(=O)=O.I. The van der Waals surface area contributed by atoms with E-state index < -0.39 is 9.84 Å². The zero-order valence-electron chi connectivity index (χ0n) is 15.6. The number of nitrogens with one attached hydrogen (secondary N) is 2. The summed E-state index contributed by atoms with van der Waals surface area (Å²) < 4.78 is 28.3. The van der Waals surface area contributed by atoms with E-state index in [0.717, 1.165) is 11.3 Å². The van der Waals surface area contributed by atoms with Crippen LogP contribution < -0.4 is 15.4 Å². The monoisotopic (exact) mass is 483 g/mol. The Morgan fingerprint density at radius 2 is 1.92 bits per heavy atom. The fourth-order valence-electron chi connectivity index (χ4n) is 2.08. The number of halogens is 1. The summed E-state index contributed by atoms with van der Waals surface area (Å²) in [5.74, 6) is 1.66. The molecule has 0 aliphatic heterocycles. The first kappa shape index (κ1) is 24.0. The third kappa shape index (κ3) is 10.5. The minimum absolute atomic E-state index is 0. The van der Waals surface area contributed by atoms with Crippen LogP contribution in [0.1, 0.15) is 25.8 Å². The van der Waals surface area contributed by atoms with Crippen LogP contribution in [0.5, 0.6) is 5.75 Å². The van der Waals surface area contributed by atoms with E-state index in [4.69, 9.17) is 4.74 Å². The van der Waals surface area contributed by atoms with Gasteiger partial charge in [0.1, 0.15) is 21.7 Å². The van der Waals surface area contributed by atoms with Crippen LogP contribution in [0.2, 0.25) is 0 Å². The number of para-hydroxylation sites is 1. The predicted octanol–water partition coefficient (Wildman–Crippen LogP) is 2.37. The molecule has 6 nitrogen and oxygen atoms in total. The van der Waals surface area contributed by atoms with Gasteiger partial charge in [0.2, 0.25) is 0 Å². The number of guanidine groups is 1. The lowest BCUT2D eigenvalue weighted by Gasteiger charge is -2.21. The molecule has 0 heterocycles. The van der Waals surface area contributed by atoms with Crippen molar-refractivity contribution in [1.82, 2.24) is 10.6 Å². The summed E-state index contributed by atoms with van der Waals surface area (Å²) in [6.07, 6.45) is 1.75. The van der Waals surface area contributed by atoms with Crippen LogP contribution in [0.4, 0.5) is 0 Å². The highest BCUT2D eigenvalue weighted by molar-refractivity contribution is 14.0. The van der Waals surface area contributed by atoms with E-state index in [9.17, 15) is 8.42 Å². The van der Waals surface area contributed by atoms with E-state index in [1.807, 2.05) is 45.0 Å². The summed E-state index contributed by atoms with van der Waals surface area (Å²) in [5.41, 5.74) is 1.10. The minimum Gasteiger partial charge on any atom is -0.489 e. The van der Waals surface area contributed by atoms with Crippen molar-refractivity contribution in [3.8, 4) is 5.75 Å². The molecule has 0 fully saturated rings. The van der Waals surface area contributed by atoms with Crippen LogP contribution in [0.15, 0.2) is 29.3 Å². The van der Waals surface area contributed by atoms with Gasteiger partial charge in [-0.15, -0.1) is 24.0 Å². The summed E-state index contributed by atoms with van der Waals surface area (Å²) in [7, 11) is -1.26. The first-order valence-corrected chi connectivity index (χ1v) is 10.1. The molecule has 0 spiro atoms. The van der Waals surface area contributed by atoms with Gasteiger partial charge in [-0.25, -0.2) is 8.42 Å². The van der Waals surface area contributed by atoms with Gasteiger partial charge in [-0.3, -0.25) is 4.99 Å². The Morgan fingerprint density at radius 1 is 1.28 bits per heavy atom. The lowest BCUT2D eigenvalue weighted by Crippen LogP contribution is -2.45. The van der Waals surface area contributed by atoms with Gasteiger partial charge in [0, 0.05) is 19.3 Å². The summed E-state index contributed by atoms with van der Waals surface area (Å²) in [5, 5.41) is 6.39. The first-order valence-electron chi connectivity index (χ1n) is 8.08. The number of sulfone groups is 1. The Bertz CT molecular complexity index is 650. The van der Waals surface area contributed by atoms with Crippen molar-refractivity contribution in [3.05, 3.63) is 29.8 Å². The van der Waals surface area contributed by atoms with E-state index >= 15 is 0 Å².